The van der Waals surface area contributed by atoms with Crippen LogP contribution in [-0.4, -0.2) is 35.8 Å². The third-order valence-electron chi connectivity index (χ3n) is 4.58. The number of nitrogens with zero attached hydrogens (tertiary/aromatic N) is 1. The van der Waals surface area contributed by atoms with Crippen LogP contribution in [0, 0.1) is 6.92 Å². The van der Waals surface area contributed by atoms with Crippen molar-refractivity contribution in [2.24, 2.45) is 0 Å². The molecular formula is C19H20INO4S. The Kier molecular flexibility index (Phi) is 5.69. The number of ether oxygens (including phenoxy) is 1. The standard InChI is InChI=1S/C19H20INO4S/c1-13-8-10-15(11-9-13)26(23,24)21-17(19(22)25-2)12-16(20)18(21)14-6-4-3-5-7-14/h3-11,16-18H,12H2,1-2H3/t16-,17+,18+/m0/s1. The fraction of sp³-hybridized carbons (Fsp3) is 0.316. The van der Waals surface area contributed by atoms with E-state index in [4.69, 9.17) is 4.74 Å². The van der Waals surface area contributed by atoms with Crippen molar-refractivity contribution < 1.29 is 17.9 Å². The number of hydrogen-bond donors (Lipinski definition) is 0. The Morgan fingerprint density at radius 3 is 2.31 bits per heavy atom. The first-order valence-electron chi connectivity index (χ1n) is 8.23. The molecule has 0 aliphatic carbocycles. The van der Waals surface area contributed by atoms with Gasteiger partial charge in [0.2, 0.25) is 10.0 Å². The third kappa shape index (κ3) is 3.52. The second kappa shape index (κ2) is 7.66. The van der Waals surface area contributed by atoms with Gasteiger partial charge < -0.3 is 4.74 Å². The van der Waals surface area contributed by atoms with Gasteiger partial charge in [0.25, 0.3) is 0 Å². The molecule has 0 radical (unpaired) electrons. The van der Waals surface area contributed by atoms with Gasteiger partial charge in [0.1, 0.15) is 6.04 Å². The van der Waals surface area contributed by atoms with Crippen molar-refractivity contribution in [1.29, 1.82) is 0 Å². The molecule has 138 valence electrons. The Labute approximate surface area is 167 Å². The summed E-state index contributed by atoms with van der Waals surface area (Å²) >= 11 is 2.23. The first kappa shape index (κ1) is 19.3. The first-order valence-corrected chi connectivity index (χ1v) is 10.9. The van der Waals surface area contributed by atoms with Crippen LogP contribution in [0.2, 0.25) is 0 Å². The quantitative estimate of drug-likeness (QED) is 0.378. The number of esters is 1. The van der Waals surface area contributed by atoms with Crippen LogP contribution in [0.5, 0.6) is 0 Å². The lowest BCUT2D eigenvalue weighted by atomic mass is 10.1. The Morgan fingerprint density at radius 2 is 1.73 bits per heavy atom. The zero-order valence-corrected chi connectivity index (χ0v) is 17.5. The van der Waals surface area contributed by atoms with Gasteiger partial charge in [-0.25, -0.2) is 8.42 Å². The van der Waals surface area contributed by atoms with E-state index < -0.39 is 28.1 Å². The largest absolute Gasteiger partial charge is 0.468 e. The molecule has 1 fully saturated rings. The molecule has 0 spiro atoms. The molecule has 1 aliphatic heterocycles. The van der Waals surface area contributed by atoms with Crippen LogP contribution < -0.4 is 0 Å². The summed E-state index contributed by atoms with van der Waals surface area (Å²) in [4.78, 5) is 12.5. The van der Waals surface area contributed by atoms with E-state index >= 15 is 0 Å². The van der Waals surface area contributed by atoms with Gasteiger partial charge in [-0.1, -0.05) is 70.6 Å². The van der Waals surface area contributed by atoms with Crippen molar-refractivity contribution in [2.45, 2.75) is 34.2 Å². The molecule has 7 heteroatoms. The van der Waals surface area contributed by atoms with Gasteiger partial charge in [-0.2, -0.15) is 4.31 Å². The molecule has 2 aromatic rings. The van der Waals surface area contributed by atoms with Crippen molar-refractivity contribution in [1.82, 2.24) is 4.31 Å². The molecule has 0 unspecified atom stereocenters. The van der Waals surface area contributed by atoms with Gasteiger partial charge in [0.15, 0.2) is 0 Å². The van der Waals surface area contributed by atoms with Crippen LogP contribution in [0.4, 0.5) is 0 Å². The summed E-state index contributed by atoms with van der Waals surface area (Å²) in [6, 6.07) is 14.9. The molecule has 3 atom stereocenters. The number of halogens is 1. The Bertz CT molecular complexity index is 884. The number of benzene rings is 2. The highest BCUT2D eigenvalue weighted by atomic mass is 127. The number of aryl methyl sites for hydroxylation is 1. The molecule has 2 aromatic carbocycles. The Morgan fingerprint density at radius 1 is 1.12 bits per heavy atom. The second-order valence-corrected chi connectivity index (χ2v) is 9.74. The van der Waals surface area contributed by atoms with Crippen LogP contribution >= 0.6 is 22.6 Å². The maximum absolute atomic E-state index is 13.4. The number of carbonyl (C=O) groups excluding carboxylic acids is 1. The number of hydrogen-bond acceptors (Lipinski definition) is 4. The highest BCUT2D eigenvalue weighted by molar-refractivity contribution is 14.1. The van der Waals surface area contributed by atoms with Crippen LogP contribution in [0.15, 0.2) is 59.5 Å². The molecular weight excluding hydrogens is 465 g/mol. The van der Waals surface area contributed by atoms with Crippen molar-refractivity contribution in [3.8, 4) is 0 Å². The van der Waals surface area contributed by atoms with E-state index in [0.29, 0.717) is 6.42 Å². The minimum atomic E-state index is -3.86. The van der Waals surface area contributed by atoms with Crippen LogP contribution in [0.25, 0.3) is 0 Å². The minimum Gasteiger partial charge on any atom is -0.468 e. The van der Waals surface area contributed by atoms with Crippen molar-refractivity contribution in [2.75, 3.05) is 7.11 Å². The molecule has 0 aromatic heterocycles. The number of sulfonamides is 1. The average molecular weight is 485 g/mol. The van der Waals surface area contributed by atoms with Gasteiger partial charge in [-0.15, -0.1) is 0 Å². The summed E-state index contributed by atoms with van der Waals surface area (Å²) in [5.74, 6) is -0.527. The monoisotopic (exact) mass is 485 g/mol. The van der Waals surface area contributed by atoms with Crippen molar-refractivity contribution in [3.63, 3.8) is 0 Å². The van der Waals surface area contributed by atoms with Gasteiger partial charge >= 0.3 is 5.97 Å². The molecule has 1 saturated heterocycles. The molecule has 0 bridgehead atoms. The van der Waals surface area contributed by atoms with E-state index in [1.165, 1.54) is 11.4 Å². The molecule has 5 nitrogen and oxygen atoms in total. The Hall–Kier alpha value is -1.45. The number of carbonyl (C=O) groups is 1. The predicted molar refractivity (Wildman–Crippen MR) is 108 cm³/mol. The predicted octanol–water partition coefficient (Wildman–Crippen LogP) is 3.48. The molecule has 0 N–H and O–H groups in total. The highest BCUT2D eigenvalue weighted by Gasteiger charge is 2.51. The van der Waals surface area contributed by atoms with E-state index in [9.17, 15) is 13.2 Å². The van der Waals surface area contributed by atoms with E-state index in [1.807, 2.05) is 37.3 Å². The summed E-state index contributed by atoms with van der Waals surface area (Å²) < 4.78 is 33.0. The summed E-state index contributed by atoms with van der Waals surface area (Å²) in [5, 5.41) is 0. The molecule has 1 aliphatic rings. The third-order valence-corrected chi connectivity index (χ3v) is 7.68. The zero-order chi connectivity index (χ0) is 18.9. The first-order chi connectivity index (χ1) is 12.4. The fourth-order valence-electron chi connectivity index (χ4n) is 3.29. The van der Waals surface area contributed by atoms with Gasteiger partial charge in [-0.3, -0.25) is 4.79 Å². The van der Waals surface area contributed by atoms with Gasteiger partial charge in [-0.05, 0) is 31.0 Å². The smallest absolute Gasteiger partial charge is 0.324 e. The van der Waals surface area contributed by atoms with Crippen LogP contribution in [0.3, 0.4) is 0 Å². The molecule has 26 heavy (non-hydrogen) atoms. The topological polar surface area (TPSA) is 63.7 Å². The maximum atomic E-state index is 13.4. The number of rotatable bonds is 4. The van der Waals surface area contributed by atoms with E-state index in [1.54, 1.807) is 24.3 Å². The second-order valence-electron chi connectivity index (χ2n) is 6.29. The molecule has 0 amide bonds. The lowest BCUT2D eigenvalue weighted by Gasteiger charge is -2.29. The lowest BCUT2D eigenvalue weighted by molar-refractivity contribution is -0.144. The zero-order valence-electron chi connectivity index (χ0n) is 14.5. The van der Waals surface area contributed by atoms with E-state index in [2.05, 4.69) is 22.6 Å². The van der Waals surface area contributed by atoms with Crippen LogP contribution in [0.1, 0.15) is 23.6 Å². The Balaban J connectivity index is 2.13. The number of alkyl halides is 1. The molecule has 3 rings (SSSR count). The molecule has 1 heterocycles. The van der Waals surface area contributed by atoms with Gasteiger partial charge in [0, 0.05) is 3.92 Å². The SMILES string of the molecule is COC(=O)[C@H]1C[C@H](I)[C@@H](c2ccccc2)N1S(=O)(=O)c1ccc(C)cc1. The summed E-state index contributed by atoms with van der Waals surface area (Å²) in [6.45, 7) is 1.90. The molecule has 0 saturated carbocycles. The van der Waals surface area contributed by atoms with E-state index in [0.717, 1.165) is 11.1 Å². The average Bonchev–Trinajstić information content (AvgIpc) is 3.00. The van der Waals surface area contributed by atoms with Crippen molar-refractivity contribution >= 4 is 38.6 Å². The van der Waals surface area contributed by atoms with E-state index in [-0.39, 0.29) is 8.82 Å². The summed E-state index contributed by atoms with van der Waals surface area (Å²) in [7, 11) is -2.57. The normalized spacial score (nSPS) is 23.7. The van der Waals surface area contributed by atoms with Crippen LogP contribution in [-0.2, 0) is 19.6 Å². The minimum absolute atomic E-state index is 0.0423. The summed E-state index contributed by atoms with van der Waals surface area (Å²) in [5.41, 5.74) is 1.84. The van der Waals surface area contributed by atoms with Gasteiger partial charge in [0.05, 0.1) is 18.0 Å². The number of methoxy groups -OCH3 is 1. The summed E-state index contributed by atoms with van der Waals surface area (Å²) in [6.07, 6.45) is 0.415. The van der Waals surface area contributed by atoms with Crippen molar-refractivity contribution in [3.05, 3.63) is 65.7 Å². The highest BCUT2D eigenvalue weighted by Crippen LogP contribution is 2.44. The maximum Gasteiger partial charge on any atom is 0.324 e. The fourth-order valence-corrected chi connectivity index (χ4v) is 6.55. The lowest BCUT2D eigenvalue weighted by Crippen LogP contribution is -2.42.